The summed E-state index contributed by atoms with van der Waals surface area (Å²) in [5.41, 5.74) is 10.3. The third kappa shape index (κ3) is 2.92. The summed E-state index contributed by atoms with van der Waals surface area (Å²) >= 11 is 6.32. The van der Waals surface area contributed by atoms with Crippen LogP contribution in [-0.2, 0) is 6.42 Å². The first-order valence-corrected chi connectivity index (χ1v) is 7.39. The van der Waals surface area contributed by atoms with E-state index in [0.29, 0.717) is 0 Å². The summed E-state index contributed by atoms with van der Waals surface area (Å²) < 4.78 is 0. The van der Waals surface area contributed by atoms with E-state index in [4.69, 9.17) is 17.3 Å². The Labute approximate surface area is 129 Å². The maximum Gasteiger partial charge on any atom is 0.0704 e. The number of benzene rings is 2. The molecule has 2 aromatic carbocycles. The maximum atomic E-state index is 6.32. The van der Waals surface area contributed by atoms with Gasteiger partial charge >= 0.3 is 0 Å². The summed E-state index contributed by atoms with van der Waals surface area (Å²) in [5, 5.41) is 1.92. The molecule has 0 fully saturated rings. The molecule has 2 N–H and O–H groups in total. The number of aromatic nitrogens is 1. The molecule has 1 atom stereocenters. The number of nitrogens with zero attached hydrogens (tertiary/aromatic N) is 1. The molecule has 1 heterocycles. The topological polar surface area (TPSA) is 38.9 Å². The standard InChI is InChI=1S/C18H17ClN2/c1-12(20)15-7-6-13(11-17(15)19)10-14-8-9-21-18-5-3-2-4-16(14)18/h2-9,11-12H,10,20H2,1H3. The smallest absolute Gasteiger partial charge is 0.0704 e. The van der Waals surface area contributed by atoms with E-state index in [0.717, 1.165) is 22.5 Å². The Morgan fingerprint density at radius 3 is 2.71 bits per heavy atom. The highest BCUT2D eigenvalue weighted by Gasteiger charge is 2.08. The second-order valence-electron chi connectivity index (χ2n) is 5.31. The largest absolute Gasteiger partial charge is 0.324 e. The van der Waals surface area contributed by atoms with Crippen molar-refractivity contribution in [1.82, 2.24) is 4.98 Å². The quantitative estimate of drug-likeness (QED) is 0.773. The van der Waals surface area contributed by atoms with E-state index < -0.39 is 0 Å². The highest BCUT2D eigenvalue weighted by atomic mass is 35.5. The van der Waals surface area contributed by atoms with Crippen molar-refractivity contribution in [1.29, 1.82) is 0 Å². The van der Waals surface area contributed by atoms with Crippen LogP contribution in [0, 0.1) is 0 Å². The molecule has 0 radical (unpaired) electrons. The second-order valence-corrected chi connectivity index (χ2v) is 5.72. The van der Waals surface area contributed by atoms with Gasteiger partial charge in [0.25, 0.3) is 0 Å². The zero-order valence-electron chi connectivity index (χ0n) is 11.9. The van der Waals surface area contributed by atoms with Crippen molar-refractivity contribution in [2.24, 2.45) is 5.73 Å². The van der Waals surface area contributed by atoms with Crippen LogP contribution in [0.25, 0.3) is 10.9 Å². The summed E-state index contributed by atoms with van der Waals surface area (Å²) in [6.07, 6.45) is 2.69. The zero-order chi connectivity index (χ0) is 14.8. The fraction of sp³-hybridized carbons (Fsp3) is 0.167. The van der Waals surface area contributed by atoms with Gasteiger partial charge in [-0.1, -0.05) is 41.9 Å². The lowest BCUT2D eigenvalue weighted by molar-refractivity contribution is 0.817. The number of rotatable bonds is 3. The van der Waals surface area contributed by atoms with Gasteiger partial charge in [-0.3, -0.25) is 4.98 Å². The molecular formula is C18H17ClN2. The van der Waals surface area contributed by atoms with Crippen LogP contribution in [0.15, 0.2) is 54.7 Å². The van der Waals surface area contributed by atoms with Gasteiger partial charge in [0.2, 0.25) is 0 Å². The monoisotopic (exact) mass is 296 g/mol. The Kier molecular flexibility index (Phi) is 3.91. The average Bonchev–Trinajstić information content (AvgIpc) is 2.47. The van der Waals surface area contributed by atoms with Crippen molar-refractivity contribution >= 4 is 22.5 Å². The first kappa shape index (κ1) is 14.1. The summed E-state index contributed by atoms with van der Waals surface area (Å²) in [6, 6.07) is 16.3. The fourth-order valence-electron chi connectivity index (χ4n) is 2.58. The van der Waals surface area contributed by atoms with Crippen LogP contribution in [-0.4, -0.2) is 4.98 Å². The average molecular weight is 297 g/mol. The van der Waals surface area contributed by atoms with E-state index in [2.05, 4.69) is 23.2 Å². The molecule has 0 aliphatic carbocycles. The Morgan fingerprint density at radius 2 is 1.95 bits per heavy atom. The van der Waals surface area contributed by atoms with Crippen LogP contribution < -0.4 is 5.73 Å². The summed E-state index contributed by atoms with van der Waals surface area (Å²) in [7, 11) is 0. The molecule has 3 rings (SSSR count). The molecule has 0 aliphatic heterocycles. The zero-order valence-corrected chi connectivity index (χ0v) is 12.6. The minimum atomic E-state index is -0.0479. The summed E-state index contributed by atoms with van der Waals surface area (Å²) in [4.78, 5) is 4.40. The van der Waals surface area contributed by atoms with E-state index in [-0.39, 0.29) is 6.04 Å². The van der Waals surface area contributed by atoms with Gasteiger partial charge in [0.1, 0.15) is 0 Å². The van der Waals surface area contributed by atoms with Crippen LogP contribution in [0.1, 0.15) is 29.7 Å². The number of hydrogen-bond donors (Lipinski definition) is 1. The van der Waals surface area contributed by atoms with E-state index in [9.17, 15) is 0 Å². The molecule has 1 aromatic heterocycles. The van der Waals surface area contributed by atoms with Crippen molar-refractivity contribution in [2.75, 3.05) is 0 Å². The summed E-state index contributed by atoms with van der Waals surface area (Å²) in [5.74, 6) is 0. The van der Waals surface area contributed by atoms with Gasteiger partial charge in [0.05, 0.1) is 5.52 Å². The van der Waals surface area contributed by atoms with E-state index in [1.54, 1.807) is 0 Å². The minimum Gasteiger partial charge on any atom is -0.324 e. The molecule has 0 bridgehead atoms. The molecule has 0 saturated carbocycles. The molecule has 1 unspecified atom stereocenters. The van der Waals surface area contributed by atoms with Crippen LogP contribution >= 0.6 is 11.6 Å². The van der Waals surface area contributed by atoms with E-state index in [1.807, 2.05) is 43.5 Å². The van der Waals surface area contributed by atoms with Gasteiger partial charge in [-0.2, -0.15) is 0 Å². The van der Waals surface area contributed by atoms with Gasteiger partial charge in [-0.05, 0) is 48.2 Å². The molecule has 3 aromatic rings. The third-order valence-electron chi connectivity index (χ3n) is 3.69. The first-order chi connectivity index (χ1) is 10.1. The Morgan fingerprint density at radius 1 is 1.14 bits per heavy atom. The van der Waals surface area contributed by atoms with Crippen molar-refractivity contribution in [2.45, 2.75) is 19.4 Å². The van der Waals surface area contributed by atoms with Crippen LogP contribution in [0.5, 0.6) is 0 Å². The number of hydrogen-bond acceptors (Lipinski definition) is 2. The van der Waals surface area contributed by atoms with Crippen LogP contribution in [0.2, 0.25) is 5.02 Å². The molecule has 106 valence electrons. The lowest BCUT2D eigenvalue weighted by Gasteiger charge is -2.11. The molecule has 0 spiro atoms. The van der Waals surface area contributed by atoms with Gasteiger partial charge in [-0.25, -0.2) is 0 Å². The van der Waals surface area contributed by atoms with Crippen LogP contribution in [0.4, 0.5) is 0 Å². The predicted octanol–water partition coefficient (Wildman–Crippen LogP) is 4.50. The highest BCUT2D eigenvalue weighted by Crippen LogP contribution is 2.25. The SMILES string of the molecule is CC(N)c1ccc(Cc2ccnc3ccccc23)cc1Cl. The molecule has 0 saturated heterocycles. The van der Waals surface area contributed by atoms with E-state index >= 15 is 0 Å². The Bertz CT molecular complexity index is 776. The number of nitrogens with two attached hydrogens (primary N) is 1. The summed E-state index contributed by atoms with van der Waals surface area (Å²) in [6.45, 7) is 1.94. The lowest BCUT2D eigenvalue weighted by Crippen LogP contribution is -2.05. The number of halogens is 1. The molecule has 0 amide bonds. The Balaban J connectivity index is 1.97. The number of para-hydroxylation sites is 1. The highest BCUT2D eigenvalue weighted by molar-refractivity contribution is 6.31. The van der Waals surface area contributed by atoms with Gasteiger partial charge in [-0.15, -0.1) is 0 Å². The fourth-order valence-corrected chi connectivity index (χ4v) is 2.95. The molecule has 3 heteroatoms. The Hall–Kier alpha value is -1.90. The molecule has 0 aliphatic rings. The van der Waals surface area contributed by atoms with Gasteiger partial charge in [0, 0.05) is 22.6 Å². The van der Waals surface area contributed by atoms with Gasteiger partial charge in [0.15, 0.2) is 0 Å². The molecule has 21 heavy (non-hydrogen) atoms. The van der Waals surface area contributed by atoms with Gasteiger partial charge < -0.3 is 5.73 Å². The maximum absolute atomic E-state index is 6.32. The van der Waals surface area contributed by atoms with Crippen LogP contribution in [0.3, 0.4) is 0 Å². The molecular weight excluding hydrogens is 280 g/mol. The second kappa shape index (κ2) is 5.84. The number of pyridine rings is 1. The number of fused-ring (bicyclic) bond motifs is 1. The first-order valence-electron chi connectivity index (χ1n) is 7.01. The van der Waals surface area contributed by atoms with Crippen molar-refractivity contribution in [3.63, 3.8) is 0 Å². The van der Waals surface area contributed by atoms with E-state index in [1.165, 1.54) is 16.5 Å². The lowest BCUT2D eigenvalue weighted by atomic mass is 9.99. The van der Waals surface area contributed by atoms with Crippen molar-refractivity contribution in [3.8, 4) is 0 Å². The third-order valence-corrected chi connectivity index (χ3v) is 4.02. The predicted molar refractivity (Wildman–Crippen MR) is 88.6 cm³/mol. The molecule has 2 nitrogen and oxygen atoms in total. The van der Waals surface area contributed by atoms with Crippen molar-refractivity contribution in [3.05, 3.63) is 76.4 Å². The normalized spacial score (nSPS) is 12.5. The minimum absolute atomic E-state index is 0.0479. The van der Waals surface area contributed by atoms with Crippen molar-refractivity contribution < 1.29 is 0 Å².